The van der Waals surface area contributed by atoms with Crippen LogP contribution in [0.25, 0.3) is 10.8 Å². The Morgan fingerprint density at radius 1 is 1.27 bits per heavy atom. The number of hydrogen-bond donors (Lipinski definition) is 0. The van der Waals surface area contributed by atoms with Crippen molar-refractivity contribution < 1.29 is 4.92 Å². The molecule has 2 aromatic rings. The molecular weight excluding hydrogens is 373 g/mol. The third kappa shape index (κ3) is 1.85. The van der Waals surface area contributed by atoms with E-state index in [2.05, 4.69) is 38.5 Å². The second kappa shape index (κ2) is 4.05. The minimum Gasteiger partial charge on any atom is -0.258 e. The Kier molecular flexibility index (Phi) is 2.92. The van der Waals surface area contributed by atoms with E-state index in [-0.39, 0.29) is 10.6 Å². The maximum absolute atomic E-state index is 10.9. The maximum Gasteiger partial charge on any atom is 0.278 e. The fourth-order valence-electron chi connectivity index (χ4n) is 1.44. The second-order valence-corrected chi connectivity index (χ2v) is 4.93. The summed E-state index contributed by atoms with van der Waals surface area (Å²) in [4.78, 5) is 10.5. The van der Waals surface area contributed by atoms with Crippen LogP contribution in [0.3, 0.4) is 0 Å². The van der Waals surface area contributed by atoms with Gasteiger partial charge in [-0.1, -0.05) is 18.2 Å². The van der Waals surface area contributed by atoms with Gasteiger partial charge in [-0.15, -0.1) is 0 Å². The van der Waals surface area contributed by atoms with Gasteiger partial charge in [-0.3, -0.25) is 10.1 Å². The van der Waals surface area contributed by atoms with Gasteiger partial charge in [-0.2, -0.15) is 0 Å². The van der Waals surface area contributed by atoms with Gasteiger partial charge >= 0.3 is 0 Å². The van der Waals surface area contributed by atoms with E-state index in [1.165, 1.54) is 0 Å². The van der Waals surface area contributed by atoms with Crippen LogP contribution in [-0.4, -0.2) is 4.92 Å². The first-order valence-corrected chi connectivity index (χ1v) is 5.99. The Bertz CT molecular complexity index is 556. The van der Waals surface area contributed by atoms with Gasteiger partial charge in [0.15, 0.2) is 0 Å². The topological polar surface area (TPSA) is 43.1 Å². The number of nitrogens with zero attached hydrogens (tertiary/aromatic N) is 1. The van der Waals surface area contributed by atoms with E-state index in [9.17, 15) is 10.1 Å². The molecule has 0 aliphatic heterocycles. The Labute approximate surface area is 108 Å². The van der Waals surface area contributed by atoms with Crippen LogP contribution in [0.5, 0.6) is 0 Å². The van der Waals surface area contributed by atoms with E-state index in [1.807, 2.05) is 12.1 Å². The lowest BCUT2D eigenvalue weighted by molar-refractivity contribution is -0.383. The average molecular weight is 378 g/mol. The molecule has 0 amide bonds. The Morgan fingerprint density at radius 3 is 2.47 bits per heavy atom. The van der Waals surface area contributed by atoms with E-state index in [0.717, 1.165) is 13.4 Å². The van der Waals surface area contributed by atoms with Crippen molar-refractivity contribution in [1.29, 1.82) is 0 Å². The number of nitro benzene ring substituents is 1. The van der Waals surface area contributed by atoms with E-state index in [4.69, 9.17) is 0 Å². The SMILES string of the molecule is O=[N+]([O-])c1cc(Br)c(I)c2ccccc12. The normalized spacial score (nSPS) is 10.5. The summed E-state index contributed by atoms with van der Waals surface area (Å²) in [5, 5.41) is 12.4. The molecule has 0 saturated heterocycles. The second-order valence-electron chi connectivity index (χ2n) is 2.99. The highest BCUT2D eigenvalue weighted by molar-refractivity contribution is 14.1. The lowest BCUT2D eigenvalue weighted by atomic mass is 10.1. The molecule has 2 rings (SSSR count). The fourth-order valence-corrected chi connectivity index (χ4v) is 2.50. The van der Waals surface area contributed by atoms with Crippen molar-refractivity contribution in [2.75, 3.05) is 0 Å². The molecule has 0 spiro atoms. The Morgan fingerprint density at radius 2 is 1.87 bits per heavy atom. The quantitative estimate of drug-likeness (QED) is 0.426. The summed E-state index contributed by atoms with van der Waals surface area (Å²) in [6.07, 6.45) is 0. The van der Waals surface area contributed by atoms with Crippen LogP contribution >= 0.6 is 38.5 Å². The van der Waals surface area contributed by atoms with E-state index >= 15 is 0 Å². The molecule has 76 valence electrons. The summed E-state index contributed by atoms with van der Waals surface area (Å²) in [6, 6.07) is 8.88. The van der Waals surface area contributed by atoms with Crippen molar-refractivity contribution in [3.8, 4) is 0 Å². The lowest BCUT2D eigenvalue weighted by Crippen LogP contribution is -1.91. The number of halogens is 2. The number of rotatable bonds is 1. The van der Waals surface area contributed by atoms with Gasteiger partial charge in [0.2, 0.25) is 0 Å². The van der Waals surface area contributed by atoms with Gasteiger partial charge in [0.25, 0.3) is 5.69 Å². The fraction of sp³-hybridized carbons (Fsp3) is 0. The van der Waals surface area contributed by atoms with E-state index in [1.54, 1.807) is 18.2 Å². The van der Waals surface area contributed by atoms with Crippen molar-refractivity contribution in [3.63, 3.8) is 0 Å². The summed E-state index contributed by atoms with van der Waals surface area (Å²) in [6.45, 7) is 0. The Hall–Kier alpha value is -0.690. The third-order valence-electron chi connectivity index (χ3n) is 2.11. The number of nitro groups is 1. The number of non-ortho nitro benzene ring substituents is 1. The molecule has 0 saturated carbocycles. The van der Waals surface area contributed by atoms with Gasteiger partial charge in [0.05, 0.1) is 10.3 Å². The van der Waals surface area contributed by atoms with Crippen LogP contribution in [0.4, 0.5) is 5.69 Å². The third-order valence-corrected chi connectivity index (χ3v) is 4.64. The van der Waals surface area contributed by atoms with Gasteiger partial charge in [0, 0.05) is 19.5 Å². The van der Waals surface area contributed by atoms with Gasteiger partial charge in [-0.25, -0.2) is 0 Å². The van der Waals surface area contributed by atoms with Crippen LogP contribution in [0.15, 0.2) is 34.8 Å². The molecular formula is C10H5BrINO2. The molecule has 15 heavy (non-hydrogen) atoms. The molecule has 0 aliphatic rings. The van der Waals surface area contributed by atoms with Crippen LogP contribution in [0.1, 0.15) is 0 Å². The zero-order valence-electron chi connectivity index (χ0n) is 7.41. The van der Waals surface area contributed by atoms with Crippen molar-refractivity contribution in [1.82, 2.24) is 0 Å². The largest absolute Gasteiger partial charge is 0.278 e. The predicted molar refractivity (Wildman–Crippen MR) is 71.0 cm³/mol. The van der Waals surface area contributed by atoms with Crippen LogP contribution < -0.4 is 0 Å². The highest BCUT2D eigenvalue weighted by atomic mass is 127. The Balaban J connectivity index is 2.94. The van der Waals surface area contributed by atoms with Crippen LogP contribution in [0.2, 0.25) is 0 Å². The number of benzene rings is 2. The highest BCUT2D eigenvalue weighted by Crippen LogP contribution is 2.34. The van der Waals surface area contributed by atoms with Crippen molar-refractivity contribution in [3.05, 3.63) is 48.5 Å². The molecule has 3 nitrogen and oxygen atoms in total. The predicted octanol–water partition coefficient (Wildman–Crippen LogP) is 4.12. The molecule has 0 bridgehead atoms. The van der Waals surface area contributed by atoms with Crippen LogP contribution in [-0.2, 0) is 0 Å². The summed E-state index contributed by atoms with van der Waals surface area (Å²) in [5.74, 6) is 0. The molecule has 0 unspecified atom stereocenters. The highest BCUT2D eigenvalue weighted by Gasteiger charge is 2.15. The monoisotopic (exact) mass is 377 g/mol. The number of fused-ring (bicyclic) bond motifs is 1. The maximum atomic E-state index is 10.9. The van der Waals surface area contributed by atoms with Crippen molar-refractivity contribution >= 4 is 55.0 Å². The summed E-state index contributed by atoms with van der Waals surface area (Å²) < 4.78 is 1.75. The van der Waals surface area contributed by atoms with Crippen molar-refractivity contribution in [2.45, 2.75) is 0 Å². The van der Waals surface area contributed by atoms with Crippen molar-refractivity contribution in [2.24, 2.45) is 0 Å². The zero-order valence-corrected chi connectivity index (χ0v) is 11.1. The molecule has 0 atom stereocenters. The molecule has 0 aliphatic carbocycles. The zero-order chi connectivity index (χ0) is 11.0. The summed E-state index contributed by atoms with van der Waals surface area (Å²) in [5.41, 5.74) is 0.137. The van der Waals surface area contributed by atoms with Gasteiger partial charge in [-0.05, 0) is 44.6 Å². The first-order valence-electron chi connectivity index (χ1n) is 4.12. The standard InChI is InChI=1S/C10H5BrINO2/c11-8-5-9(13(14)15)6-3-1-2-4-7(6)10(8)12/h1-5H. The molecule has 0 heterocycles. The average Bonchev–Trinajstić information content (AvgIpc) is 2.23. The molecule has 5 heteroatoms. The molecule has 0 aromatic heterocycles. The van der Waals surface area contributed by atoms with Gasteiger partial charge in [0.1, 0.15) is 0 Å². The minimum atomic E-state index is -0.358. The summed E-state index contributed by atoms with van der Waals surface area (Å²) in [7, 11) is 0. The molecule has 0 radical (unpaired) electrons. The summed E-state index contributed by atoms with van der Waals surface area (Å²) >= 11 is 5.50. The lowest BCUT2D eigenvalue weighted by Gasteiger charge is -2.03. The van der Waals surface area contributed by atoms with Gasteiger partial charge < -0.3 is 0 Å². The first kappa shape index (κ1) is 10.8. The van der Waals surface area contributed by atoms with E-state index < -0.39 is 0 Å². The molecule has 0 N–H and O–H groups in total. The molecule has 2 aromatic carbocycles. The molecule has 0 fully saturated rings. The minimum absolute atomic E-state index is 0.137. The van der Waals surface area contributed by atoms with E-state index in [0.29, 0.717) is 5.39 Å². The first-order chi connectivity index (χ1) is 7.11. The number of hydrogen-bond acceptors (Lipinski definition) is 2. The smallest absolute Gasteiger partial charge is 0.258 e. The van der Waals surface area contributed by atoms with Crippen LogP contribution in [0, 0.1) is 13.7 Å².